The smallest absolute Gasteiger partial charge is 0.325 e. The van der Waals surface area contributed by atoms with Crippen LogP contribution in [0.25, 0.3) is 0 Å². The Morgan fingerprint density at radius 3 is 2.73 bits per heavy atom. The second-order valence-electron chi connectivity index (χ2n) is 4.70. The van der Waals surface area contributed by atoms with Crippen LogP contribution >= 0.6 is 0 Å². The maximum atomic E-state index is 11.8. The van der Waals surface area contributed by atoms with Crippen LogP contribution in [0, 0.1) is 0 Å². The lowest BCUT2D eigenvalue weighted by molar-refractivity contribution is 0.165. The third kappa shape index (κ3) is 3.40. The summed E-state index contributed by atoms with van der Waals surface area (Å²) in [6.45, 7) is 0.736. The molecule has 1 heterocycles. The molecule has 120 valence electrons. The van der Waals surface area contributed by atoms with Gasteiger partial charge in [-0.15, -0.1) is 0 Å². The first-order valence-corrected chi connectivity index (χ1v) is 6.80. The summed E-state index contributed by atoms with van der Waals surface area (Å²) in [7, 11) is 3.02. The van der Waals surface area contributed by atoms with E-state index < -0.39 is 18.2 Å². The van der Waals surface area contributed by atoms with Crippen molar-refractivity contribution in [3.8, 4) is 11.5 Å². The van der Waals surface area contributed by atoms with Crippen molar-refractivity contribution in [2.75, 3.05) is 33.9 Å². The second kappa shape index (κ2) is 6.99. The van der Waals surface area contributed by atoms with Crippen molar-refractivity contribution < 1.29 is 24.2 Å². The van der Waals surface area contributed by atoms with Crippen molar-refractivity contribution in [1.82, 2.24) is 15.5 Å². The Morgan fingerprint density at radius 1 is 1.41 bits per heavy atom. The van der Waals surface area contributed by atoms with Crippen molar-refractivity contribution in [2.24, 2.45) is 0 Å². The third-order valence-corrected chi connectivity index (χ3v) is 3.34. The van der Waals surface area contributed by atoms with Gasteiger partial charge in [-0.05, 0) is 17.7 Å². The average molecular weight is 309 g/mol. The van der Waals surface area contributed by atoms with Crippen LogP contribution in [0.15, 0.2) is 18.2 Å². The fraction of sp³-hybridized carbons (Fsp3) is 0.429. The molecule has 1 saturated heterocycles. The molecule has 1 aromatic carbocycles. The second-order valence-corrected chi connectivity index (χ2v) is 4.70. The van der Waals surface area contributed by atoms with Crippen molar-refractivity contribution >= 4 is 12.1 Å². The standard InChI is InChI=1S/C14H19N3O5/c1-21-11-4-3-9(7-12(11)22-2)10(18)8-16-14(20)17-6-5-15-13(17)19/h3-4,7,10,18H,5-6,8H2,1-2H3,(H,15,19)(H,16,20). The maximum absolute atomic E-state index is 11.8. The first-order valence-electron chi connectivity index (χ1n) is 6.80. The van der Waals surface area contributed by atoms with E-state index in [4.69, 9.17) is 9.47 Å². The number of hydrogen-bond donors (Lipinski definition) is 3. The number of urea groups is 2. The van der Waals surface area contributed by atoms with Crippen LogP contribution in [0.1, 0.15) is 11.7 Å². The molecule has 2 rings (SSSR count). The number of imide groups is 1. The Hall–Kier alpha value is -2.48. The third-order valence-electron chi connectivity index (χ3n) is 3.34. The molecule has 4 amide bonds. The average Bonchev–Trinajstić information content (AvgIpc) is 2.97. The fourth-order valence-corrected chi connectivity index (χ4v) is 2.12. The van der Waals surface area contributed by atoms with Crippen LogP contribution in [0.4, 0.5) is 9.59 Å². The SMILES string of the molecule is COc1ccc(C(O)CNC(=O)N2CCNC2=O)cc1OC. The van der Waals surface area contributed by atoms with Gasteiger partial charge in [-0.3, -0.25) is 0 Å². The molecule has 1 aliphatic heterocycles. The zero-order chi connectivity index (χ0) is 16.1. The van der Waals surface area contributed by atoms with E-state index in [0.717, 1.165) is 4.90 Å². The molecule has 0 aromatic heterocycles. The summed E-state index contributed by atoms with van der Waals surface area (Å²) in [5.74, 6) is 1.04. The highest BCUT2D eigenvalue weighted by atomic mass is 16.5. The number of carbonyl (C=O) groups excluding carboxylic acids is 2. The molecule has 22 heavy (non-hydrogen) atoms. The molecule has 1 fully saturated rings. The van der Waals surface area contributed by atoms with E-state index >= 15 is 0 Å². The molecular formula is C14H19N3O5. The number of amides is 4. The minimum absolute atomic E-state index is 0.0158. The lowest BCUT2D eigenvalue weighted by Crippen LogP contribution is -2.43. The summed E-state index contributed by atoms with van der Waals surface area (Å²) < 4.78 is 10.3. The molecule has 0 bridgehead atoms. The van der Waals surface area contributed by atoms with E-state index in [0.29, 0.717) is 30.2 Å². The number of aliphatic hydroxyl groups is 1. The number of methoxy groups -OCH3 is 2. The topological polar surface area (TPSA) is 100 Å². The normalized spacial score (nSPS) is 15.2. The van der Waals surface area contributed by atoms with Crippen LogP contribution in [0.5, 0.6) is 11.5 Å². The predicted molar refractivity (Wildman–Crippen MR) is 78.0 cm³/mol. The number of nitrogens with zero attached hydrogens (tertiary/aromatic N) is 1. The summed E-state index contributed by atoms with van der Waals surface area (Å²) in [4.78, 5) is 24.2. The first kappa shape index (κ1) is 15.9. The van der Waals surface area contributed by atoms with Crippen molar-refractivity contribution in [1.29, 1.82) is 0 Å². The van der Waals surface area contributed by atoms with E-state index in [-0.39, 0.29) is 6.54 Å². The molecule has 8 nitrogen and oxygen atoms in total. The molecule has 1 unspecified atom stereocenters. The van der Waals surface area contributed by atoms with E-state index in [2.05, 4.69) is 10.6 Å². The van der Waals surface area contributed by atoms with E-state index in [9.17, 15) is 14.7 Å². The van der Waals surface area contributed by atoms with Crippen LogP contribution in [0.3, 0.4) is 0 Å². The van der Waals surface area contributed by atoms with E-state index in [1.807, 2.05) is 0 Å². The number of carbonyl (C=O) groups is 2. The van der Waals surface area contributed by atoms with Gasteiger partial charge in [0.2, 0.25) is 0 Å². The van der Waals surface area contributed by atoms with Gasteiger partial charge in [-0.2, -0.15) is 0 Å². The van der Waals surface area contributed by atoms with Gasteiger partial charge in [0, 0.05) is 19.6 Å². The summed E-state index contributed by atoms with van der Waals surface area (Å²) in [5.41, 5.74) is 0.573. The molecule has 1 atom stereocenters. The predicted octanol–water partition coefficient (Wildman–Crippen LogP) is 0.472. The zero-order valence-corrected chi connectivity index (χ0v) is 12.5. The number of rotatable bonds is 5. The maximum Gasteiger partial charge on any atom is 0.325 e. The van der Waals surface area contributed by atoms with Gasteiger partial charge in [-0.25, -0.2) is 14.5 Å². The molecule has 0 radical (unpaired) electrons. The summed E-state index contributed by atoms with van der Waals surface area (Å²) in [6.07, 6.45) is -0.922. The Bertz CT molecular complexity index is 563. The monoisotopic (exact) mass is 309 g/mol. The van der Waals surface area contributed by atoms with Crippen LogP contribution in [-0.4, -0.2) is 55.9 Å². The Morgan fingerprint density at radius 2 is 2.14 bits per heavy atom. The highest BCUT2D eigenvalue weighted by molar-refractivity contribution is 5.94. The van der Waals surface area contributed by atoms with Gasteiger partial charge < -0.3 is 25.2 Å². The molecule has 1 aliphatic rings. The molecule has 0 spiro atoms. The molecule has 1 aromatic rings. The van der Waals surface area contributed by atoms with Gasteiger partial charge >= 0.3 is 12.1 Å². The number of nitrogens with one attached hydrogen (secondary N) is 2. The molecule has 0 saturated carbocycles. The lowest BCUT2D eigenvalue weighted by Gasteiger charge is -2.17. The van der Waals surface area contributed by atoms with Crippen LogP contribution < -0.4 is 20.1 Å². The van der Waals surface area contributed by atoms with E-state index in [1.54, 1.807) is 18.2 Å². The number of aliphatic hydroxyl groups excluding tert-OH is 1. The Labute approximate surface area is 128 Å². The van der Waals surface area contributed by atoms with Crippen molar-refractivity contribution in [3.05, 3.63) is 23.8 Å². The van der Waals surface area contributed by atoms with Crippen molar-refractivity contribution in [2.45, 2.75) is 6.10 Å². The van der Waals surface area contributed by atoms with Crippen LogP contribution in [0.2, 0.25) is 0 Å². The highest BCUT2D eigenvalue weighted by Gasteiger charge is 2.26. The largest absolute Gasteiger partial charge is 0.493 e. The van der Waals surface area contributed by atoms with Gasteiger partial charge in [-0.1, -0.05) is 6.07 Å². The minimum atomic E-state index is -0.922. The van der Waals surface area contributed by atoms with Crippen LogP contribution in [-0.2, 0) is 0 Å². The quantitative estimate of drug-likeness (QED) is 0.734. The van der Waals surface area contributed by atoms with Crippen molar-refractivity contribution in [3.63, 3.8) is 0 Å². The van der Waals surface area contributed by atoms with Gasteiger partial charge in [0.25, 0.3) is 0 Å². The Kier molecular flexibility index (Phi) is 5.05. The van der Waals surface area contributed by atoms with Gasteiger partial charge in [0.05, 0.1) is 20.3 Å². The summed E-state index contributed by atoms with van der Waals surface area (Å²) in [5, 5.41) is 15.2. The minimum Gasteiger partial charge on any atom is -0.493 e. The summed E-state index contributed by atoms with van der Waals surface area (Å²) >= 11 is 0. The van der Waals surface area contributed by atoms with Gasteiger partial charge in [0.15, 0.2) is 11.5 Å². The molecule has 3 N–H and O–H groups in total. The Balaban J connectivity index is 1.95. The van der Waals surface area contributed by atoms with Gasteiger partial charge in [0.1, 0.15) is 0 Å². The first-order chi connectivity index (χ1) is 10.6. The molecule has 0 aliphatic carbocycles. The molecular weight excluding hydrogens is 290 g/mol. The fourth-order valence-electron chi connectivity index (χ4n) is 2.12. The summed E-state index contributed by atoms with van der Waals surface area (Å²) in [6, 6.07) is 4.03. The number of ether oxygens (including phenoxy) is 2. The lowest BCUT2D eigenvalue weighted by atomic mass is 10.1. The zero-order valence-electron chi connectivity index (χ0n) is 12.5. The van der Waals surface area contributed by atoms with E-state index in [1.165, 1.54) is 14.2 Å². The molecule has 8 heteroatoms. The highest BCUT2D eigenvalue weighted by Crippen LogP contribution is 2.29. The number of hydrogen-bond acceptors (Lipinski definition) is 5. The number of benzene rings is 1.